The standard InChI is InChI=1S/C35H44N2O3/c1-6-19-37(24-26(2)3)20-18-34(30-12-9-13-32(22-30)39-4)23-31(16-17-35(34,25-37)40-5)36-33(38)29-15-14-27-10-7-8-11-28(27)21-29/h6-15,21-22,26,31H,1,16-20,23-25H2,2-5H3/p+1/t31-,34-,35?,37+/m1/s1. The monoisotopic (exact) mass is 541 g/mol. The van der Waals surface area contributed by atoms with Crippen molar-refractivity contribution in [1.29, 1.82) is 0 Å². The lowest BCUT2D eigenvalue weighted by Crippen LogP contribution is -2.73. The summed E-state index contributed by atoms with van der Waals surface area (Å²) in [7, 11) is 3.62. The van der Waals surface area contributed by atoms with Gasteiger partial charge in [0.05, 0.1) is 26.7 Å². The third-order valence-electron chi connectivity index (χ3n) is 9.60. The summed E-state index contributed by atoms with van der Waals surface area (Å²) in [6.45, 7) is 12.8. The number of amides is 1. The predicted molar refractivity (Wildman–Crippen MR) is 163 cm³/mol. The van der Waals surface area contributed by atoms with E-state index in [9.17, 15) is 4.79 Å². The van der Waals surface area contributed by atoms with Crippen LogP contribution in [0.25, 0.3) is 10.8 Å². The second kappa shape index (κ2) is 11.4. The number of carbonyl (C=O) groups is 1. The summed E-state index contributed by atoms with van der Waals surface area (Å²) >= 11 is 0. The Labute approximate surface area is 239 Å². The van der Waals surface area contributed by atoms with Crippen LogP contribution in [0.15, 0.2) is 79.4 Å². The van der Waals surface area contributed by atoms with Crippen LogP contribution in [0, 0.1) is 5.92 Å². The van der Waals surface area contributed by atoms with Crippen LogP contribution in [-0.2, 0) is 10.2 Å². The number of carbonyl (C=O) groups excluding carboxylic acids is 1. The number of benzene rings is 3. The van der Waals surface area contributed by atoms with Gasteiger partial charge >= 0.3 is 0 Å². The molecule has 5 rings (SSSR count). The topological polar surface area (TPSA) is 47.6 Å². The minimum Gasteiger partial charge on any atom is -0.497 e. The summed E-state index contributed by atoms with van der Waals surface area (Å²) in [5, 5.41) is 5.65. The van der Waals surface area contributed by atoms with Crippen molar-refractivity contribution in [2.45, 2.75) is 56.6 Å². The minimum atomic E-state index is -0.348. The third-order valence-corrected chi connectivity index (χ3v) is 9.60. The molecule has 1 N–H and O–H groups in total. The summed E-state index contributed by atoms with van der Waals surface area (Å²) < 4.78 is 13.4. The molecule has 40 heavy (non-hydrogen) atoms. The molecule has 5 heteroatoms. The Hall–Kier alpha value is -3.15. The maximum Gasteiger partial charge on any atom is 0.251 e. The Bertz CT molecular complexity index is 1370. The molecule has 1 aliphatic heterocycles. The van der Waals surface area contributed by atoms with Gasteiger partial charge in [-0.25, -0.2) is 0 Å². The first-order valence-electron chi connectivity index (χ1n) is 14.7. The fraction of sp³-hybridized carbons (Fsp3) is 0.457. The molecule has 1 unspecified atom stereocenters. The maximum absolute atomic E-state index is 13.5. The van der Waals surface area contributed by atoms with Crippen LogP contribution in [-0.4, -0.2) is 62.4 Å². The quantitative estimate of drug-likeness (QED) is 0.248. The summed E-state index contributed by atoms with van der Waals surface area (Å²) in [4.78, 5) is 13.5. The van der Waals surface area contributed by atoms with Crippen LogP contribution in [0.4, 0.5) is 0 Å². The van der Waals surface area contributed by atoms with Crippen LogP contribution in [0.5, 0.6) is 5.75 Å². The zero-order valence-electron chi connectivity index (χ0n) is 24.6. The molecule has 1 saturated carbocycles. The van der Waals surface area contributed by atoms with E-state index in [-0.39, 0.29) is 23.0 Å². The molecular formula is C35H45N2O3+. The predicted octanol–water partition coefficient (Wildman–Crippen LogP) is 6.52. The average Bonchev–Trinajstić information content (AvgIpc) is 2.96. The number of piperidine rings is 1. The molecule has 1 saturated heterocycles. The van der Waals surface area contributed by atoms with E-state index >= 15 is 0 Å². The molecule has 0 aromatic heterocycles. The maximum atomic E-state index is 13.5. The number of hydrogen-bond acceptors (Lipinski definition) is 3. The number of quaternary nitrogens is 1. The number of likely N-dealkylation sites (tertiary alicyclic amines) is 1. The highest BCUT2D eigenvalue weighted by Crippen LogP contribution is 2.55. The van der Waals surface area contributed by atoms with Crippen LogP contribution in [0.2, 0.25) is 0 Å². The smallest absolute Gasteiger partial charge is 0.251 e. The van der Waals surface area contributed by atoms with Crippen molar-refractivity contribution in [1.82, 2.24) is 5.32 Å². The molecule has 212 valence electrons. The molecule has 1 amide bonds. The molecule has 2 fully saturated rings. The Balaban J connectivity index is 1.50. The summed E-state index contributed by atoms with van der Waals surface area (Å²) in [6, 6.07) is 22.7. The highest BCUT2D eigenvalue weighted by molar-refractivity contribution is 5.98. The van der Waals surface area contributed by atoms with Gasteiger partial charge in [-0.05, 0) is 65.9 Å². The summed E-state index contributed by atoms with van der Waals surface area (Å²) in [5.41, 5.74) is 1.37. The lowest BCUT2D eigenvalue weighted by Gasteiger charge is -2.62. The molecule has 4 atom stereocenters. The van der Waals surface area contributed by atoms with Gasteiger partial charge in [-0.15, -0.1) is 0 Å². The number of methoxy groups -OCH3 is 2. The molecule has 5 nitrogen and oxygen atoms in total. The van der Waals surface area contributed by atoms with E-state index in [4.69, 9.17) is 9.47 Å². The van der Waals surface area contributed by atoms with E-state index in [0.717, 1.165) is 72.9 Å². The molecule has 0 radical (unpaired) electrons. The Morgan fingerprint density at radius 1 is 1.07 bits per heavy atom. The van der Waals surface area contributed by atoms with Gasteiger partial charge in [-0.3, -0.25) is 4.79 Å². The number of ether oxygens (including phenoxy) is 2. The van der Waals surface area contributed by atoms with Crippen molar-refractivity contribution in [2.24, 2.45) is 5.92 Å². The van der Waals surface area contributed by atoms with Crippen LogP contribution >= 0.6 is 0 Å². The van der Waals surface area contributed by atoms with Crippen molar-refractivity contribution in [2.75, 3.05) is 40.4 Å². The number of nitrogens with zero attached hydrogens (tertiary/aromatic N) is 1. The van der Waals surface area contributed by atoms with E-state index in [1.165, 1.54) is 5.56 Å². The van der Waals surface area contributed by atoms with Gasteiger partial charge in [0.2, 0.25) is 0 Å². The molecule has 0 bridgehead atoms. The van der Waals surface area contributed by atoms with Crippen molar-refractivity contribution < 1.29 is 18.8 Å². The number of hydrogen-bond donors (Lipinski definition) is 1. The molecule has 1 heterocycles. The largest absolute Gasteiger partial charge is 0.497 e. The number of fused-ring (bicyclic) bond motifs is 2. The van der Waals surface area contributed by atoms with Gasteiger partial charge in [0.1, 0.15) is 17.9 Å². The molecule has 1 aliphatic carbocycles. The Morgan fingerprint density at radius 3 is 2.60 bits per heavy atom. The normalized spacial score (nSPS) is 28.2. The van der Waals surface area contributed by atoms with E-state index in [1.54, 1.807) is 7.11 Å². The lowest BCUT2D eigenvalue weighted by molar-refractivity contribution is -0.938. The average molecular weight is 542 g/mol. The number of rotatable bonds is 9. The van der Waals surface area contributed by atoms with E-state index in [1.807, 2.05) is 43.5 Å². The minimum absolute atomic E-state index is 0.00568. The van der Waals surface area contributed by atoms with Gasteiger partial charge in [0.25, 0.3) is 5.91 Å². The first kappa shape index (κ1) is 28.4. The highest BCUT2D eigenvalue weighted by atomic mass is 16.5. The van der Waals surface area contributed by atoms with Crippen molar-refractivity contribution in [3.8, 4) is 5.75 Å². The lowest BCUT2D eigenvalue weighted by atomic mass is 9.54. The van der Waals surface area contributed by atoms with Gasteiger partial charge in [-0.2, -0.15) is 0 Å². The first-order valence-corrected chi connectivity index (χ1v) is 14.7. The Morgan fingerprint density at radius 2 is 1.88 bits per heavy atom. The molecule has 2 aliphatic rings. The second-order valence-electron chi connectivity index (χ2n) is 12.5. The van der Waals surface area contributed by atoms with Crippen LogP contribution < -0.4 is 10.1 Å². The van der Waals surface area contributed by atoms with E-state index < -0.39 is 0 Å². The van der Waals surface area contributed by atoms with Gasteiger partial charge in [0, 0.05) is 36.5 Å². The highest BCUT2D eigenvalue weighted by Gasteiger charge is 2.63. The molecule has 3 aromatic rings. The van der Waals surface area contributed by atoms with Crippen LogP contribution in [0.1, 0.15) is 55.5 Å². The van der Waals surface area contributed by atoms with Crippen molar-refractivity contribution in [3.05, 3.63) is 90.5 Å². The molecule has 0 spiro atoms. The Kier molecular flexibility index (Phi) is 8.08. The van der Waals surface area contributed by atoms with Crippen LogP contribution in [0.3, 0.4) is 0 Å². The molecular weight excluding hydrogens is 496 g/mol. The fourth-order valence-corrected chi connectivity index (χ4v) is 7.93. The van der Waals surface area contributed by atoms with Crippen molar-refractivity contribution >= 4 is 16.7 Å². The zero-order chi connectivity index (χ0) is 28.4. The fourth-order valence-electron chi connectivity index (χ4n) is 7.93. The van der Waals surface area contributed by atoms with Crippen molar-refractivity contribution in [3.63, 3.8) is 0 Å². The first-order chi connectivity index (χ1) is 19.3. The number of nitrogens with one attached hydrogen (secondary N) is 1. The molecule has 3 aromatic carbocycles. The second-order valence-corrected chi connectivity index (χ2v) is 12.5. The van der Waals surface area contributed by atoms with Gasteiger partial charge in [-0.1, -0.05) is 62.9 Å². The third kappa shape index (κ3) is 5.17. The SMILES string of the molecule is C=CC[N@@+]1(CC(C)C)CC[C@]2(c3cccc(OC)c3)C[C@H](NC(=O)c3ccc4ccccc4c3)CCC2(OC)C1. The van der Waals surface area contributed by atoms with E-state index in [2.05, 4.69) is 62.2 Å². The van der Waals surface area contributed by atoms with Gasteiger partial charge in [0.15, 0.2) is 0 Å². The van der Waals surface area contributed by atoms with Gasteiger partial charge < -0.3 is 19.3 Å². The summed E-state index contributed by atoms with van der Waals surface area (Å²) in [5.74, 6) is 1.43. The summed E-state index contributed by atoms with van der Waals surface area (Å²) in [6.07, 6.45) is 5.67. The zero-order valence-corrected chi connectivity index (χ0v) is 24.6. The van der Waals surface area contributed by atoms with E-state index in [0.29, 0.717) is 11.5 Å².